The van der Waals surface area contributed by atoms with Crippen LogP contribution in [-0.2, 0) is 11.8 Å². The summed E-state index contributed by atoms with van der Waals surface area (Å²) in [4.78, 5) is 0. The van der Waals surface area contributed by atoms with Crippen LogP contribution in [0.15, 0.2) is 59.5 Å². The number of aliphatic hydroxyl groups excluding tert-OH is 1. The van der Waals surface area contributed by atoms with Crippen LogP contribution in [0.25, 0.3) is 17.4 Å². The number of aryl methyl sites for hydroxylation is 3. The van der Waals surface area contributed by atoms with Crippen molar-refractivity contribution < 1.29 is 9.52 Å². The highest BCUT2D eigenvalue weighted by Crippen LogP contribution is 2.41. The van der Waals surface area contributed by atoms with Gasteiger partial charge in [0.1, 0.15) is 11.5 Å². The average molecular weight is 459 g/mol. The number of furan rings is 1. The van der Waals surface area contributed by atoms with Crippen LogP contribution in [-0.4, -0.2) is 11.2 Å². The SMILES string of the molecule is C=Cc1ccc(-c2ccc(C(CC)(CC)c3ccc(CCC(O)C(C)(C)C)c(C)c3)cc2C)o1. The van der Waals surface area contributed by atoms with Crippen LogP contribution in [0.4, 0.5) is 0 Å². The number of hydrogen-bond donors (Lipinski definition) is 1. The Morgan fingerprint density at radius 1 is 0.912 bits per heavy atom. The Balaban J connectivity index is 1.93. The summed E-state index contributed by atoms with van der Waals surface area (Å²) in [5.41, 5.74) is 7.59. The Morgan fingerprint density at radius 3 is 2.03 bits per heavy atom. The number of rotatable bonds is 9. The van der Waals surface area contributed by atoms with E-state index >= 15 is 0 Å². The normalized spacial score (nSPS) is 13.2. The van der Waals surface area contributed by atoms with Gasteiger partial charge in [-0.05, 0) is 91.0 Å². The van der Waals surface area contributed by atoms with Crippen molar-refractivity contribution in [2.75, 3.05) is 0 Å². The largest absolute Gasteiger partial charge is 0.457 e. The predicted octanol–water partition coefficient (Wildman–Crippen LogP) is 8.65. The maximum atomic E-state index is 10.5. The van der Waals surface area contributed by atoms with Crippen molar-refractivity contribution in [2.24, 2.45) is 5.41 Å². The Kier molecular flexibility index (Phi) is 7.93. The van der Waals surface area contributed by atoms with Crippen molar-refractivity contribution >= 4 is 6.08 Å². The Labute approximate surface area is 206 Å². The molecule has 0 amide bonds. The van der Waals surface area contributed by atoms with Gasteiger partial charge in [-0.1, -0.05) is 77.6 Å². The fraction of sp³-hybridized carbons (Fsp3) is 0.438. The van der Waals surface area contributed by atoms with Crippen LogP contribution < -0.4 is 0 Å². The zero-order chi connectivity index (χ0) is 25.1. The van der Waals surface area contributed by atoms with Gasteiger partial charge in [0.15, 0.2) is 0 Å². The van der Waals surface area contributed by atoms with Gasteiger partial charge in [-0.25, -0.2) is 0 Å². The molecule has 0 saturated carbocycles. The number of aliphatic hydroxyl groups is 1. The topological polar surface area (TPSA) is 33.4 Å². The molecule has 0 radical (unpaired) electrons. The second kappa shape index (κ2) is 10.4. The molecule has 1 heterocycles. The average Bonchev–Trinajstić information content (AvgIpc) is 3.28. The molecule has 3 aromatic rings. The summed E-state index contributed by atoms with van der Waals surface area (Å²) < 4.78 is 5.92. The Bertz CT molecular complexity index is 1120. The van der Waals surface area contributed by atoms with Gasteiger partial charge < -0.3 is 9.52 Å². The van der Waals surface area contributed by atoms with E-state index in [0.717, 1.165) is 42.8 Å². The molecule has 0 aliphatic rings. The molecule has 182 valence electrons. The van der Waals surface area contributed by atoms with Crippen LogP contribution in [0.5, 0.6) is 0 Å². The van der Waals surface area contributed by atoms with E-state index in [1.54, 1.807) is 6.08 Å². The fourth-order valence-electron chi connectivity index (χ4n) is 5.08. The molecule has 2 heteroatoms. The van der Waals surface area contributed by atoms with E-state index in [4.69, 9.17) is 4.42 Å². The molecule has 1 N–H and O–H groups in total. The molecular formula is C32H42O2. The van der Waals surface area contributed by atoms with Gasteiger partial charge in [0.2, 0.25) is 0 Å². The van der Waals surface area contributed by atoms with E-state index in [1.807, 2.05) is 12.1 Å². The minimum absolute atomic E-state index is 0.0348. The lowest BCUT2D eigenvalue weighted by molar-refractivity contribution is 0.0560. The van der Waals surface area contributed by atoms with E-state index in [-0.39, 0.29) is 16.9 Å². The fourth-order valence-corrected chi connectivity index (χ4v) is 5.08. The monoisotopic (exact) mass is 458 g/mol. The highest BCUT2D eigenvalue weighted by Gasteiger charge is 2.31. The number of benzene rings is 2. The first kappa shape index (κ1) is 26.0. The van der Waals surface area contributed by atoms with Crippen LogP contribution in [0, 0.1) is 19.3 Å². The third-order valence-corrected chi connectivity index (χ3v) is 7.66. The molecule has 34 heavy (non-hydrogen) atoms. The van der Waals surface area contributed by atoms with Gasteiger partial charge in [-0.3, -0.25) is 0 Å². The molecule has 0 aliphatic heterocycles. The standard InChI is InChI=1S/C32H42O2/c1-9-27-16-18-29(34-27)28-17-15-26(21-23(28)5)32(10-2,11-3)25-14-12-24(22(4)20-25)13-19-30(33)31(6,7)8/h9,12,14-18,20-21,30,33H,1,10-11,13,19H2,2-8H3. The van der Waals surface area contributed by atoms with Crippen molar-refractivity contribution in [3.8, 4) is 11.3 Å². The van der Waals surface area contributed by atoms with Gasteiger partial charge >= 0.3 is 0 Å². The predicted molar refractivity (Wildman–Crippen MR) is 145 cm³/mol. The van der Waals surface area contributed by atoms with Crippen molar-refractivity contribution in [1.29, 1.82) is 0 Å². The van der Waals surface area contributed by atoms with E-state index < -0.39 is 0 Å². The van der Waals surface area contributed by atoms with Crippen molar-refractivity contribution in [1.82, 2.24) is 0 Å². The smallest absolute Gasteiger partial charge is 0.135 e. The second-order valence-corrected chi connectivity index (χ2v) is 10.8. The quantitative estimate of drug-likeness (QED) is 0.348. The summed E-state index contributed by atoms with van der Waals surface area (Å²) in [5, 5.41) is 10.5. The zero-order valence-electron chi connectivity index (χ0n) is 22.2. The van der Waals surface area contributed by atoms with Crippen LogP contribution >= 0.6 is 0 Å². The molecule has 1 unspecified atom stereocenters. The minimum atomic E-state index is -0.296. The highest BCUT2D eigenvalue weighted by molar-refractivity contribution is 5.65. The summed E-state index contributed by atoms with van der Waals surface area (Å²) in [5.74, 6) is 1.68. The molecule has 3 rings (SSSR count). The summed E-state index contributed by atoms with van der Waals surface area (Å²) >= 11 is 0. The lowest BCUT2D eigenvalue weighted by atomic mass is 9.69. The van der Waals surface area contributed by atoms with E-state index in [1.165, 1.54) is 27.8 Å². The van der Waals surface area contributed by atoms with Gasteiger partial charge in [0.25, 0.3) is 0 Å². The summed E-state index contributed by atoms with van der Waals surface area (Å²) in [6.07, 6.45) is 5.20. The molecule has 1 atom stereocenters. The first-order chi connectivity index (χ1) is 16.1. The third-order valence-electron chi connectivity index (χ3n) is 7.66. The molecule has 0 aliphatic carbocycles. The van der Waals surface area contributed by atoms with Gasteiger partial charge in [0, 0.05) is 11.0 Å². The number of hydrogen-bond acceptors (Lipinski definition) is 2. The molecule has 0 bridgehead atoms. The van der Waals surface area contributed by atoms with Crippen LogP contribution in [0.3, 0.4) is 0 Å². The van der Waals surface area contributed by atoms with E-state index in [9.17, 15) is 5.11 Å². The van der Waals surface area contributed by atoms with Crippen molar-refractivity contribution in [3.63, 3.8) is 0 Å². The lowest BCUT2D eigenvalue weighted by Crippen LogP contribution is -2.27. The summed E-state index contributed by atoms with van der Waals surface area (Å²) in [6.45, 7) is 19.1. The highest BCUT2D eigenvalue weighted by atomic mass is 16.3. The Hall–Kier alpha value is -2.58. The Morgan fingerprint density at radius 2 is 1.53 bits per heavy atom. The summed E-state index contributed by atoms with van der Waals surface area (Å²) in [6, 6.07) is 17.7. The molecule has 2 aromatic carbocycles. The molecule has 0 spiro atoms. The maximum absolute atomic E-state index is 10.5. The van der Waals surface area contributed by atoms with Gasteiger partial charge in [0.05, 0.1) is 6.10 Å². The van der Waals surface area contributed by atoms with E-state index in [0.29, 0.717) is 0 Å². The zero-order valence-corrected chi connectivity index (χ0v) is 22.2. The van der Waals surface area contributed by atoms with Gasteiger partial charge in [-0.15, -0.1) is 0 Å². The molecule has 1 aromatic heterocycles. The van der Waals surface area contributed by atoms with E-state index in [2.05, 4.69) is 91.4 Å². The van der Waals surface area contributed by atoms with Crippen LogP contribution in [0.1, 0.15) is 87.5 Å². The lowest BCUT2D eigenvalue weighted by Gasteiger charge is -2.34. The maximum Gasteiger partial charge on any atom is 0.135 e. The molecule has 2 nitrogen and oxygen atoms in total. The summed E-state index contributed by atoms with van der Waals surface area (Å²) in [7, 11) is 0. The second-order valence-electron chi connectivity index (χ2n) is 10.8. The first-order valence-corrected chi connectivity index (χ1v) is 12.7. The van der Waals surface area contributed by atoms with Crippen molar-refractivity contribution in [2.45, 2.75) is 85.7 Å². The molecule has 0 fully saturated rings. The third kappa shape index (κ3) is 5.23. The first-order valence-electron chi connectivity index (χ1n) is 12.7. The molecular weight excluding hydrogens is 416 g/mol. The molecule has 0 saturated heterocycles. The van der Waals surface area contributed by atoms with Crippen LogP contribution in [0.2, 0.25) is 0 Å². The van der Waals surface area contributed by atoms with Crippen molar-refractivity contribution in [3.05, 3.63) is 88.7 Å². The minimum Gasteiger partial charge on any atom is -0.457 e. The van der Waals surface area contributed by atoms with Gasteiger partial charge in [-0.2, -0.15) is 0 Å².